The molecule has 1 amide bonds. The number of hydrogen-bond acceptors (Lipinski definition) is 2. The molecule has 1 N–H and O–H groups in total. The molecular formula is C20H20N2O. The van der Waals surface area contributed by atoms with Gasteiger partial charge in [0.15, 0.2) is 0 Å². The highest BCUT2D eigenvalue weighted by atomic mass is 16.2. The van der Waals surface area contributed by atoms with E-state index in [-0.39, 0.29) is 5.91 Å². The Bertz CT molecular complexity index is 814. The zero-order chi connectivity index (χ0) is 16.1. The fourth-order valence-electron chi connectivity index (χ4n) is 2.75. The van der Waals surface area contributed by atoms with Crippen LogP contribution in [0.15, 0.2) is 59.7 Å². The van der Waals surface area contributed by atoms with Crippen molar-refractivity contribution in [2.45, 2.75) is 26.2 Å². The van der Waals surface area contributed by atoms with Crippen molar-refractivity contribution < 1.29 is 4.79 Å². The van der Waals surface area contributed by atoms with E-state index in [4.69, 9.17) is 0 Å². The van der Waals surface area contributed by atoms with Crippen molar-refractivity contribution in [3.8, 4) is 0 Å². The van der Waals surface area contributed by atoms with Crippen molar-refractivity contribution >= 4 is 33.7 Å². The monoisotopic (exact) mass is 304 g/mol. The third-order valence-corrected chi connectivity index (χ3v) is 3.95. The summed E-state index contributed by atoms with van der Waals surface area (Å²) in [7, 11) is 0. The van der Waals surface area contributed by atoms with Gasteiger partial charge in [0.1, 0.15) is 0 Å². The smallest absolute Gasteiger partial charge is 0.240 e. The maximum Gasteiger partial charge on any atom is 0.240 e. The standard InChI is InChI=1S/C20H20N2O/c1-2-3-12-20(23)22-21-14-19-17-10-6-4-8-15(17)13-16-9-5-7-11-18(16)19/h4-11,13-14H,2-3,12H2,1H3,(H,22,23)/b21-14+. The first-order valence-corrected chi connectivity index (χ1v) is 8.02. The molecule has 0 saturated heterocycles. The molecule has 23 heavy (non-hydrogen) atoms. The molecule has 3 rings (SSSR count). The first-order chi connectivity index (χ1) is 11.3. The number of nitrogens with zero attached hydrogens (tertiary/aromatic N) is 1. The average molecular weight is 304 g/mol. The number of carbonyl (C=O) groups is 1. The number of fused-ring (bicyclic) bond motifs is 2. The molecule has 3 nitrogen and oxygen atoms in total. The van der Waals surface area contributed by atoms with Crippen molar-refractivity contribution in [1.29, 1.82) is 0 Å². The van der Waals surface area contributed by atoms with Crippen LogP contribution < -0.4 is 5.43 Å². The van der Waals surface area contributed by atoms with E-state index in [2.05, 4.69) is 47.8 Å². The van der Waals surface area contributed by atoms with Crippen LogP contribution in [0.3, 0.4) is 0 Å². The van der Waals surface area contributed by atoms with Crippen LogP contribution >= 0.6 is 0 Å². The number of benzene rings is 3. The van der Waals surface area contributed by atoms with Gasteiger partial charge in [0.05, 0.1) is 6.21 Å². The van der Waals surface area contributed by atoms with Gasteiger partial charge in [-0.05, 0) is 34.0 Å². The van der Waals surface area contributed by atoms with E-state index in [1.807, 2.05) is 24.3 Å². The fourth-order valence-corrected chi connectivity index (χ4v) is 2.75. The minimum atomic E-state index is -0.0346. The molecule has 0 aliphatic rings. The number of amides is 1. The lowest BCUT2D eigenvalue weighted by Gasteiger charge is -2.07. The Hall–Kier alpha value is -2.68. The summed E-state index contributed by atoms with van der Waals surface area (Å²) in [6.45, 7) is 2.07. The van der Waals surface area contributed by atoms with Crippen LogP contribution in [0, 0.1) is 0 Å². The molecular weight excluding hydrogens is 284 g/mol. The average Bonchev–Trinajstić information content (AvgIpc) is 2.59. The Balaban J connectivity index is 1.98. The largest absolute Gasteiger partial charge is 0.273 e. The lowest BCUT2D eigenvalue weighted by Crippen LogP contribution is -2.16. The highest BCUT2D eigenvalue weighted by Gasteiger charge is 2.05. The lowest BCUT2D eigenvalue weighted by atomic mass is 9.97. The minimum Gasteiger partial charge on any atom is -0.273 e. The predicted octanol–water partition coefficient (Wildman–Crippen LogP) is 4.63. The van der Waals surface area contributed by atoms with E-state index in [1.165, 1.54) is 10.8 Å². The van der Waals surface area contributed by atoms with Crippen LogP contribution in [-0.4, -0.2) is 12.1 Å². The number of hydrazone groups is 1. The lowest BCUT2D eigenvalue weighted by molar-refractivity contribution is -0.121. The molecule has 0 spiro atoms. The van der Waals surface area contributed by atoms with E-state index >= 15 is 0 Å². The van der Waals surface area contributed by atoms with Crippen LogP contribution in [0.25, 0.3) is 21.5 Å². The molecule has 0 aliphatic heterocycles. The number of hydrogen-bond donors (Lipinski definition) is 1. The summed E-state index contributed by atoms with van der Waals surface area (Å²) in [5.41, 5.74) is 3.66. The van der Waals surface area contributed by atoms with E-state index in [0.717, 1.165) is 29.2 Å². The number of nitrogens with one attached hydrogen (secondary N) is 1. The van der Waals surface area contributed by atoms with Crippen LogP contribution in [0.2, 0.25) is 0 Å². The second-order valence-corrected chi connectivity index (χ2v) is 5.63. The topological polar surface area (TPSA) is 41.5 Å². The van der Waals surface area contributed by atoms with Crippen LogP contribution in [0.5, 0.6) is 0 Å². The molecule has 0 atom stereocenters. The van der Waals surface area contributed by atoms with Gasteiger partial charge in [0, 0.05) is 12.0 Å². The van der Waals surface area contributed by atoms with Gasteiger partial charge in [-0.3, -0.25) is 4.79 Å². The van der Waals surface area contributed by atoms with Crippen molar-refractivity contribution in [2.75, 3.05) is 0 Å². The molecule has 3 aromatic rings. The zero-order valence-electron chi connectivity index (χ0n) is 13.3. The highest BCUT2D eigenvalue weighted by Crippen LogP contribution is 2.27. The number of rotatable bonds is 5. The minimum absolute atomic E-state index is 0.0346. The summed E-state index contributed by atoms with van der Waals surface area (Å²) in [5.74, 6) is -0.0346. The molecule has 0 bridgehead atoms. The van der Waals surface area contributed by atoms with E-state index in [0.29, 0.717) is 6.42 Å². The molecule has 0 unspecified atom stereocenters. The second-order valence-electron chi connectivity index (χ2n) is 5.63. The third kappa shape index (κ3) is 3.39. The first kappa shape index (κ1) is 15.2. The van der Waals surface area contributed by atoms with Crippen molar-refractivity contribution in [1.82, 2.24) is 5.43 Å². The highest BCUT2D eigenvalue weighted by molar-refractivity contribution is 6.13. The van der Waals surface area contributed by atoms with E-state index in [1.54, 1.807) is 6.21 Å². The van der Waals surface area contributed by atoms with Gasteiger partial charge in [-0.2, -0.15) is 5.10 Å². The maximum atomic E-state index is 11.7. The second kappa shape index (κ2) is 7.05. The van der Waals surface area contributed by atoms with Gasteiger partial charge in [0.25, 0.3) is 0 Å². The third-order valence-electron chi connectivity index (χ3n) is 3.95. The Morgan fingerprint density at radius 3 is 2.26 bits per heavy atom. The predicted molar refractivity (Wildman–Crippen MR) is 96.7 cm³/mol. The van der Waals surface area contributed by atoms with Gasteiger partial charge in [0.2, 0.25) is 5.91 Å². The summed E-state index contributed by atoms with van der Waals surface area (Å²) in [5, 5.41) is 8.79. The molecule has 116 valence electrons. The zero-order valence-corrected chi connectivity index (χ0v) is 13.3. The number of carbonyl (C=O) groups excluding carboxylic acids is 1. The Kier molecular flexibility index (Phi) is 4.67. The van der Waals surface area contributed by atoms with Crippen LogP contribution in [0.1, 0.15) is 31.7 Å². The normalized spacial score (nSPS) is 11.3. The van der Waals surface area contributed by atoms with Crippen molar-refractivity contribution in [3.05, 3.63) is 60.2 Å². The molecule has 0 heterocycles. The van der Waals surface area contributed by atoms with Gasteiger partial charge < -0.3 is 0 Å². The molecule has 0 radical (unpaired) electrons. The Morgan fingerprint density at radius 2 is 1.65 bits per heavy atom. The molecule has 3 aromatic carbocycles. The van der Waals surface area contributed by atoms with Gasteiger partial charge in [-0.1, -0.05) is 61.9 Å². The number of unbranched alkanes of at least 4 members (excludes halogenated alkanes) is 1. The van der Waals surface area contributed by atoms with E-state index < -0.39 is 0 Å². The van der Waals surface area contributed by atoms with Crippen LogP contribution in [-0.2, 0) is 4.79 Å². The van der Waals surface area contributed by atoms with Gasteiger partial charge >= 0.3 is 0 Å². The van der Waals surface area contributed by atoms with Gasteiger partial charge in [-0.25, -0.2) is 5.43 Å². The maximum absolute atomic E-state index is 11.7. The fraction of sp³-hybridized carbons (Fsp3) is 0.200. The Morgan fingerprint density at radius 1 is 1.04 bits per heavy atom. The quantitative estimate of drug-likeness (QED) is 0.416. The SMILES string of the molecule is CCCCC(=O)N/N=C/c1c2ccccc2cc2ccccc12. The summed E-state index contributed by atoms with van der Waals surface area (Å²) in [6.07, 6.45) is 4.17. The summed E-state index contributed by atoms with van der Waals surface area (Å²) >= 11 is 0. The summed E-state index contributed by atoms with van der Waals surface area (Å²) in [6, 6.07) is 18.7. The molecule has 3 heteroatoms. The first-order valence-electron chi connectivity index (χ1n) is 8.02. The molecule has 0 saturated carbocycles. The van der Waals surface area contributed by atoms with Crippen LogP contribution in [0.4, 0.5) is 0 Å². The van der Waals surface area contributed by atoms with Crippen molar-refractivity contribution in [3.63, 3.8) is 0 Å². The molecule has 0 fully saturated rings. The summed E-state index contributed by atoms with van der Waals surface area (Å²) < 4.78 is 0. The molecule has 0 aromatic heterocycles. The van der Waals surface area contributed by atoms with Gasteiger partial charge in [-0.15, -0.1) is 0 Å². The van der Waals surface area contributed by atoms with Crippen molar-refractivity contribution in [2.24, 2.45) is 5.10 Å². The molecule has 0 aliphatic carbocycles. The Labute approximate surface area is 136 Å². The van der Waals surface area contributed by atoms with E-state index in [9.17, 15) is 4.79 Å². The summed E-state index contributed by atoms with van der Waals surface area (Å²) in [4.78, 5) is 11.7.